The second-order valence-corrected chi connectivity index (χ2v) is 8.05. The van der Waals surface area contributed by atoms with E-state index in [2.05, 4.69) is 29.2 Å². The number of nitrogens with zero attached hydrogens (tertiary/aromatic N) is 1. The summed E-state index contributed by atoms with van der Waals surface area (Å²) in [5, 5.41) is 0. The number of fused-ring (bicyclic) bond motifs is 1. The van der Waals surface area contributed by atoms with Crippen molar-refractivity contribution in [3.8, 4) is 0 Å². The maximum absolute atomic E-state index is 12.7. The first kappa shape index (κ1) is 16.5. The minimum absolute atomic E-state index is 0.0390. The van der Waals surface area contributed by atoms with E-state index in [1.165, 1.54) is 31.2 Å². The Morgan fingerprint density at radius 3 is 2.57 bits per heavy atom. The zero-order valence-corrected chi connectivity index (χ0v) is 14.6. The third kappa shape index (κ3) is 3.95. The summed E-state index contributed by atoms with van der Waals surface area (Å²) in [4.78, 5) is 15.2. The van der Waals surface area contributed by atoms with Crippen LogP contribution in [0, 0.1) is 5.92 Å². The van der Waals surface area contributed by atoms with Crippen LogP contribution in [-0.4, -0.2) is 28.6 Å². The summed E-state index contributed by atoms with van der Waals surface area (Å²) in [7, 11) is 0. The van der Waals surface area contributed by atoms with Crippen LogP contribution in [0.2, 0.25) is 0 Å². The second-order valence-electron chi connectivity index (χ2n) is 8.05. The molecule has 126 valence electrons. The quantitative estimate of drug-likeness (QED) is 0.784. The van der Waals surface area contributed by atoms with Crippen LogP contribution in [0.5, 0.6) is 0 Å². The molecular formula is C20H29NO2. The van der Waals surface area contributed by atoms with Gasteiger partial charge in [-0.25, -0.2) is 0 Å². The van der Waals surface area contributed by atoms with Crippen LogP contribution in [0.25, 0.3) is 0 Å². The molecular weight excluding hydrogens is 286 g/mol. The molecule has 1 aliphatic heterocycles. The van der Waals surface area contributed by atoms with Crippen molar-refractivity contribution in [2.45, 2.75) is 77.1 Å². The van der Waals surface area contributed by atoms with Gasteiger partial charge >= 0.3 is 5.97 Å². The molecule has 1 aromatic rings. The maximum atomic E-state index is 12.7. The topological polar surface area (TPSA) is 29.5 Å². The SMILES string of the molecule is CC(C)(C)OC(=O)C1CC2CCCCC2N1Cc1ccccc1. The Balaban J connectivity index is 1.79. The standard InChI is InChI=1S/C20H29NO2/c1-20(2,3)23-19(22)18-13-16-11-7-8-12-17(16)21(18)14-15-9-5-4-6-10-15/h4-6,9-10,16-18H,7-8,11-14H2,1-3H3. The van der Waals surface area contributed by atoms with Gasteiger partial charge in [0.15, 0.2) is 0 Å². The van der Waals surface area contributed by atoms with Gasteiger partial charge in [0.05, 0.1) is 0 Å². The molecule has 1 aliphatic carbocycles. The predicted octanol–water partition coefficient (Wildman–Crippen LogP) is 4.16. The Morgan fingerprint density at radius 1 is 1.17 bits per heavy atom. The third-order valence-corrected chi connectivity index (χ3v) is 5.11. The van der Waals surface area contributed by atoms with Crippen molar-refractivity contribution in [2.24, 2.45) is 5.92 Å². The lowest BCUT2D eigenvalue weighted by Crippen LogP contribution is -2.44. The van der Waals surface area contributed by atoms with E-state index in [0.29, 0.717) is 12.0 Å². The third-order valence-electron chi connectivity index (χ3n) is 5.11. The minimum Gasteiger partial charge on any atom is -0.459 e. The van der Waals surface area contributed by atoms with Gasteiger partial charge < -0.3 is 4.74 Å². The number of likely N-dealkylation sites (tertiary alicyclic amines) is 1. The summed E-state index contributed by atoms with van der Waals surface area (Å²) in [6.07, 6.45) is 6.04. The number of ether oxygens (including phenoxy) is 1. The van der Waals surface area contributed by atoms with Crippen LogP contribution in [0.15, 0.2) is 30.3 Å². The average molecular weight is 315 g/mol. The van der Waals surface area contributed by atoms with Crippen molar-refractivity contribution in [2.75, 3.05) is 0 Å². The Morgan fingerprint density at radius 2 is 1.87 bits per heavy atom. The largest absolute Gasteiger partial charge is 0.459 e. The van der Waals surface area contributed by atoms with Gasteiger partial charge in [-0.3, -0.25) is 9.69 Å². The van der Waals surface area contributed by atoms with Crippen LogP contribution >= 0.6 is 0 Å². The van der Waals surface area contributed by atoms with Crippen molar-refractivity contribution in [3.05, 3.63) is 35.9 Å². The molecule has 3 nitrogen and oxygen atoms in total. The highest BCUT2D eigenvalue weighted by Gasteiger charge is 2.46. The highest BCUT2D eigenvalue weighted by Crippen LogP contribution is 2.41. The first-order chi connectivity index (χ1) is 10.9. The number of hydrogen-bond donors (Lipinski definition) is 0. The normalized spacial score (nSPS) is 28.4. The molecule has 0 aromatic heterocycles. The molecule has 1 saturated heterocycles. The van der Waals surface area contributed by atoms with Crippen LogP contribution < -0.4 is 0 Å². The van der Waals surface area contributed by atoms with Crippen molar-refractivity contribution in [1.29, 1.82) is 0 Å². The summed E-state index contributed by atoms with van der Waals surface area (Å²) >= 11 is 0. The molecule has 2 fully saturated rings. The molecule has 0 amide bonds. The Kier molecular flexibility index (Phi) is 4.77. The minimum atomic E-state index is -0.413. The fraction of sp³-hybridized carbons (Fsp3) is 0.650. The molecule has 0 spiro atoms. The Labute approximate surface area is 140 Å². The molecule has 1 heterocycles. The fourth-order valence-electron chi connectivity index (χ4n) is 4.18. The van der Waals surface area contributed by atoms with E-state index in [1.807, 2.05) is 26.8 Å². The van der Waals surface area contributed by atoms with Crippen molar-refractivity contribution in [3.63, 3.8) is 0 Å². The predicted molar refractivity (Wildman–Crippen MR) is 92.0 cm³/mol. The van der Waals surface area contributed by atoms with Gasteiger partial charge in [0.1, 0.15) is 11.6 Å². The first-order valence-electron chi connectivity index (χ1n) is 8.96. The highest BCUT2D eigenvalue weighted by atomic mass is 16.6. The molecule has 2 aliphatic rings. The summed E-state index contributed by atoms with van der Waals surface area (Å²) in [5.41, 5.74) is 0.871. The van der Waals surface area contributed by atoms with Gasteiger partial charge in [0.2, 0.25) is 0 Å². The van der Waals surface area contributed by atoms with Gasteiger partial charge in [-0.1, -0.05) is 43.2 Å². The highest BCUT2D eigenvalue weighted by molar-refractivity contribution is 5.76. The summed E-state index contributed by atoms with van der Waals surface area (Å²) in [6.45, 7) is 6.71. The number of rotatable bonds is 3. The Hall–Kier alpha value is -1.35. The lowest BCUT2D eigenvalue weighted by atomic mass is 9.84. The van der Waals surface area contributed by atoms with E-state index < -0.39 is 5.60 Å². The molecule has 3 heteroatoms. The average Bonchev–Trinajstić information content (AvgIpc) is 2.86. The van der Waals surface area contributed by atoms with E-state index in [4.69, 9.17) is 4.74 Å². The van der Waals surface area contributed by atoms with Gasteiger partial charge in [-0.15, -0.1) is 0 Å². The smallest absolute Gasteiger partial charge is 0.323 e. The van der Waals surface area contributed by atoms with E-state index in [9.17, 15) is 4.79 Å². The van der Waals surface area contributed by atoms with Crippen molar-refractivity contribution >= 4 is 5.97 Å². The van der Waals surface area contributed by atoms with Gasteiger partial charge in [-0.05, 0) is 51.5 Å². The van der Waals surface area contributed by atoms with E-state index in [0.717, 1.165) is 13.0 Å². The molecule has 3 atom stereocenters. The number of carbonyl (C=O) groups excluding carboxylic acids is 1. The number of hydrogen-bond acceptors (Lipinski definition) is 3. The lowest BCUT2D eigenvalue weighted by molar-refractivity contribution is -0.161. The Bertz CT molecular complexity index is 534. The number of esters is 1. The molecule has 1 saturated carbocycles. The van der Waals surface area contributed by atoms with Gasteiger partial charge in [-0.2, -0.15) is 0 Å². The summed E-state index contributed by atoms with van der Waals surface area (Å²) in [6, 6.07) is 11.0. The fourth-order valence-corrected chi connectivity index (χ4v) is 4.18. The molecule has 3 unspecified atom stereocenters. The molecule has 3 rings (SSSR count). The molecule has 0 N–H and O–H groups in total. The number of benzene rings is 1. The monoisotopic (exact) mass is 315 g/mol. The molecule has 0 bridgehead atoms. The summed E-state index contributed by atoms with van der Waals surface area (Å²) < 4.78 is 5.72. The van der Waals surface area contributed by atoms with E-state index in [-0.39, 0.29) is 12.0 Å². The zero-order chi connectivity index (χ0) is 16.4. The van der Waals surface area contributed by atoms with Crippen molar-refractivity contribution in [1.82, 2.24) is 4.90 Å². The van der Waals surface area contributed by atoms with Crippen LogP contribution in [0.4, 0.5) is 0 Å². The molecule has 23 heavy (non-hydrogen) atoms. The van der Waals surface area contributed by atoms with Crippen LogP contribution in [-0.2, 0) is 16.1 Å². The van der Waals surface area contributed by atoms with Crippen molar-refractivity contribution < 1.29 is 9.53 Å². The maximum Gasteiger partial charge on any atom is 0.323 e. The molecule has 1 aromatic carbocycles. The van der Waals surface area contributed by atoms with Gasteiger partial charge in [0.25, 0.3) is 0 Å². The van der Waals surface area contributed by atoms with E-state index >= 15 is 0 Å². The van der Waals surface area contributed by atoms with Gasteiger partial charge in [0, 0.05) is 12.6 Å². The zero-order valence-electron chi connectivity index (χ0n) is 14.6. The van der Waals surface area contributed by atoms with E-state index in [1.54, 1.807) is 0 Å². The lowest BCUT2D eigenvalue weighted by Gasteiger charge is -2.34. The van der Waals surface area contributed by atoms with Crippen LogP contribution in [0.1, 0.15) is 58.4 Å². The first-order valence-corrected chi connectivity index (χ1v) is 8.96. The van der Waals surface area contributed by atoms with Crippen LogP contribution in [0.3, 0.4) is 0 Å². The number of carbonyl (C=O) groups is 1. The summed E-state index contributed by atoms with van der Waals surface area (Å²) in [5.74, 6) is 0.618. The second kappa shape index (κ2) is 6.64. The molecule has 0 radical (unpaired) electrons.